The van der Waals surface area contributed by atoms with Crippen molar-refractivity contribution in [2.45, 2.75) is 52.6 Å². The molecular formula is C15H26N4. The summed E-state index contributed by atoms with van der Waals surface area (Å²) < 4.78 is 0. The SMILES string of the molecule is CC1CCCN(c2cncc(CNC(C)C)n2)CC1. The highest BCUT2D eigenvalue weighted by Gasteiger charge is 2.15. The summed E-state index contributed by atoms with van der Waals surface area (Å²) in [5, 5.41) is 3.39. The molecule has 1 aliphatic heterocycles. The Labute approximate surface area is 116 Å². The molecule has 0 amide bonds. The maximum atomic E-state index is 4.74. The molecule has 1 unspecified atom stereocenters. The third-order valence-electron chi connectivity index (χ3n) is 3.70. The number of aromatic nitrogens is 2. The number of nitrogens with zero attached hydrogens (tertiary/aromatic N) is 3. The van der Waals surface area contributed by atoms with Gasteiger partial charge in [-0.3, -0.25) is 4.98 Å². The Morgan fingerprint density at radius 1 is 1.32 bits per heavy atom. The fourth-order valence-electron chi connectivity index (χ4n) is 2.43. The first-order valence-corrected chi connectivity index (χ1v) is 7.44. The largest absolute Gasteiger partial charge is 0.355 e. The third-order valence-corrected chi connectivity index (χ3v) is 3.70. The van der Waals surface area contributed by atoms with Gasteiger partial charge in [0.2, 0.25) is 0 Å². The first kappa shape index (κ1) is 14.3. The van der Waals surface area contributed by atoms with Crippen LogP contribution in [-0.2, 0) is 6.54 Å². The molecule has 1 aliphatic rings. The van der Waals surface area contributed by atoms with Crippen molar-refractivity contribution in [1.29, 1.82) is 0 Å². The number of hydrogen-bond acceptors (Lipinski definition) is 4. The molecule has 0 bridgehead atoms. The first-order valence-electron chi connectivity index (χ1n) is 7.44. The van der Waals surface area contributed by atoms with E-state index >= 15 is 0 Å². The lowest BCUT2D eigenvalue weighted by Crippen LogP contribution is -2.27. The van der Waals surface area contributed by atoms with Crippen LogP contribution in [0.25, 0.3) is 0 Å². The molecular weight excluding hydrogens is 236 g/mol. The van der Waals surface area contributed by atoms with Gasteiger partial charge in [0.05, 0.1) is 11.9 Å². The summed E-state index contributed by atoms with van der Waals surface area (Å²) in [5.74, 6) is 1.88. The Balaban J connectivity index is 2.01. The highest BCUT2D eigenvalue weighted by Crippen LogP contribution is 2.20. The third kappa shape index (κ3) is 4.46. The zero-order valence-electron chi connectivity index (χ0n) is 12.4. The van der Waals surface area contributed by atoms with Crippen molar-refractivity contribution < 1.29 is 0 Å². The number of anilines is 1. The van der Waals surface area contributed by atoms with E-state index in [1.807, 2.05) is 12.4 Å². The standard InChI is InChI=1S/C15H26N4/c1-12(2)17-10-14-9-16-11-15(18-14)19-7-4-5-13(3)6-8-19/h9,11-13,17H,4-8,10H2,1-3H3. The molecule has 19 heavy (non-hydrogen) atoms. The quantitative estimate of drug-likeness (QED) is 0.905. The van der Waals surface area contributed by atoms with Gasteiger partial charge in [-0.25, -0.2) is 4.98 Å². The van der Waals surface area contributed by atoms with E-state index < -0.39 is 0 Å². The average molecular weight is 262 g/mol. The summed E-state index contributed by atoms with van der Waals surface area (Å²) in [6.45, 7) is 9.65. The van der Waals surface area contributed by atoms with Crippen LogP contribution in [-0.4, -0.2) is 29.1 Å². The van der Waals surface area contributed by atoms with Crippen LogP contribution in [0.5, 0.6) is 0 Å². The van der Waals surface area contributed by atoms with Gasteiger partial charge in [-0.15, -0.1) is 0 Å². The van der Waals surface area contributed by atoms with Gasteiger partial charge in [0.15, 0.2) is 0 Å². The highest BCUT2D eigenvalue weighted by atomic mass is 15.2. The van der Waals surface area contributed by atoms with Crippen molar-refractivity contribution in [2.24, 2.45) is 5.92 Å². The van der Waals surface area contributed by atoms with Gasteiger partial charge >= 0.3 is 0 Å². The van der Waals surface area contributed by atoms with E-state index in [0.29, 0.717) is 6.04 Å². The Bertz CT molecular complexity index is 391. The molecule has 1 saturated heterocycles. The second kappa shape index (κ2) is 6.85. The van der Waals surface area contributed by atoms with Crippen molar-refractivity contribution in [2.75, 3.05) is 18.0 Å². The summed E-state index contributed by atoms with van der Waals surface area (Å²) in [4.78, 5) is 11.5. The fraction of sp³-hybridized carbons (Fsp3) is 0.733. The molecule has 1 N–H and O–H groups in total. The van der Waals surface area contributed by atoms with E-state index in [0.717, 1.165) is 37.1 Å². The Hall–Kier alpha value is -1.16. The Morgan fingerprint density at radius 2 is 2.16 bits per heavy atom. The van der Waals surface area contributed by atoms with Crippen LogP contribution >= 0.6 is 0 Å². The lowest BCUT2D eigenvalue weighted by atomic mass is 10.0. The average Bonchev–Trinajstić information content (AvgIpc) is 2.62. The van der Waals surface area contributed by atoms with Gasteiger partial charge in [-0.2, -0.15) is 0 Å². The van der Waals surface area contributed by atoms with Crippen molar-refractivity contribution in [3.63, 3.8) is 0 Å². The molecule has 4 heteroatoms. The van der Waals surface area contributed by atoms with Crippen LogP contribution < -0.4 is 10.2 Å². The van der Waals surface area contributed by atoms with Crippen molar-refractivity contribution in [1.82, 2.24) is 15.3 Å². The molecule has 0 spiro atoms. The molecule has 0 radical (unpaired) electrons. The van der Waals surface area contributed by atoms with E-state index in [9.17, 15) is 0 Å². The molecule has 1 aromatic rings. The lowest BCUT2D eigenvalue weighted by molar-refractivity contribution is 0.521. The fourth-order valence-corrected chi connectivity index (χ4v) is 2.43. The van der Waals surface area contributed by atoms with Gasteiger partial charge < -0.3 is 10.2 Å². The number of nitrogens with one attached hydrogen (secondary N) is 1. The smallest absolute Gasteiger partial charge is 0.147 e. The number of hydrogen-bond donors (Lipinski definition) is 1. The van der Waals surface area contributed by atoms with Crippen molar-refractivity contribution in [3.05, 3.63) is 18.1 Å². The van der Waals surface area contributed by atoms with Crippen LogP contribution in [0.15, 0.2) is 12.4 Å². The summed E-state index contributed by atoms with van der Waals surface area (Å²) >= 11 is 0. The van der Waals surface area contributed by atoms with Gasteiger partial charge in [-0.05, 0) is 25.2 Å². The molecule has 0 aliphatic carbocycles. The van der Waals surface area contributed by atoms with Crippen LogP contribution in [0.2, 0.25) is 0 Å². The lowest BCUT2D eigenvalue weighted by Gasteiger charge is -2.21. The molecule has 4 nitrogen and oxygen atoms in total. The summed E-state index contributed by atoms with van der Waals surface area (Å²) in [5.41, 5.74) is 1.03. The minimum absolute atomic E-state index is 0.476. The summed E-state index contributed by atoms with van der Waals surface area (Å²) in [6, 6.07) is 0.476. The Morgan fingerprint density at radius 3 is 2.95 bits per heavy atom. The highest BCUT2D eigenvalue weighted by molar-refractivity contribution is 5.36. The maximum absolute atomic E-state index is 4.74. The second-order valence-corrected chi connectivity index (χ2v) is 5.93. The molecule has 1 aromatic heterocycles. The molecule has 0 aromatic carbocycles. The zero-order valence-corrected chi connectivity index (χ0v) is 12.4. The predicted octanol–water partition coefficient (Wildman–Crippen LogP) is 2.60. The molecule has 106 valence electrons. The van der Waals surface area contributed by atoms with Gasteiger partial charge in [-0.1, -0.05) is 20.8 Å². The monoisotopic (exact) mass is 262 g/mol. The van der Waals surface area contributed by atoms with Crippen molar-refractivity contribution >= 4 is 5.82 Å². The molecule has 2 rings (SSSR count). The van der Waals surface area contributed by atoms with E-state index in [-0.39, 0.29) is 0 Å². The zero-order chi connectivity index (χ0) is 13.7. The van der Waals surface area contributed by atoms with E-state index in [1.165, 1.54) is 19.3 Å². The van der Waals surface area contributed by atoms with E-state index in [4.69, 9.17) is 4.98 Å². The van der Waals surface area contributed by atoms with E-state index in [2.05, 4.69) is 36.0 Å². The predicted molar refractivity (Wildman–Crippen MR) is 79.2 cm³/mol. The maximum Gasteiger partial charge on any atom is 0.147 e. The molecule has 1 atom stereocenters. The van der Waals surface area contributed by atoms with Crippen LogP contribution in [0.4, 0.5) is 5.82 Å². The van der Waals surface area contributed by atoms with Gasteiger partial charge in [0.1, 0.15) is 5.82 Å². The minimum atomic E-state index is 0.476. The first-order chi connectivity index (χ1) is 9.15. The minimum Gasteiger partial charge on any atom is -0.355 e. The number of rotatable bonds is 4. The topological polar surface area (TPSA) is 41.1 Å². The van der Waals surface area contributed by atoms with Crippen LogP contribution in [0.1, 0.15) is 45.7 Å². The van der Waals surface area contributed by atoms with Crippen LogP contribution in [0.3, 0.4) is 0 Å². The molecule has 1 fully saturated rings. The summed E-state index contributed by atoms with van der Waals surface area (Å²) in [7, 11) is 0. The molecule has 2 heterocycles. The van der Waals surface area contributed by atoms with Crippen LogP contribution in [0, 0.1) is 5.92 Å². The second-order valence-electron chi connectivity index (χ2n) is 5.93. The Kier molecular flexibility index (Phi) is 5.14. The molecule has 0 saturated carbocycles. The van der Waals surface area contributed by atoms with Gasteiger partial charge in [0.25, 0.3) is 0 Å². The normalized spacial score (nSPS) is 20.6. The van der Waals surface area contributed by atoms with Crippen molar-refractivity contribution in [3.8, 4) is 0 Å². The van der Waals surface area contributed by atoms with E-state index in [1.54, 1.807) is 0 Å². The summed E-state index contributed by atoms with van der Waals surface area (Å²) in [6.07, 6.45) is 7.61. The van der Waals surface area contributed by atoms with Gasteiger partial charge in [0, 0.05) is 31.9 Å².